The van der Waals surface area contributed by atoms with Crippen molar-refractivity contribution in [3.63, 3.8) is 0 Å². The number of nitrogens with one attached hydrogen (secondary N) is 1. The molecule has 1 saturated heterocycles. The highest BCUT2D eigenvalue weighted by Gasteiger charge is 2.24. The van der Waals surface area contributed by atoms with Crippen LogP contribution in [0.2, 0.25) is 0 Å². The van der Waals surface area contributed by atoms with E-state index in [9.17, 15) is 9.59 Å². The van der Waals surface area contributed by atoms with Gasteiger partial charge in [0.1, 0.15) is 5.75 Å². The summed E-state index contributed by atoms with van der Waals surface area (Å²) in [5.41, 5.74) is 3.18. The number of nitrogens with zero attached hydrogens (tertiary/aromatic N) is 2. The van der Waals surface area contributed by atoms with E-state index in [-0.39, 0.29) is 11.8 Å². The lowest BCUT2D eigenvalue weighted by atomic mass is 10.1. The van der Waals surface area contributed by atoms with Gasteiger partial charge in [0.15, 0.2) is 5.76 Å². The molecule has 1 aliphatic rings. The summed E-state index contributed by atoms with van der Waals surface area (Å²) < 4.78 is 10.6. The summed E-state index contributed by atoms with van der Waals surface area (Å²) in [7, 11) is 1.57. The second-order valence-electron chi connectivity index (χ2n) is 7.41. The molecule has 3 aromatic rings. The first-order chi connectivity index (χ1) is 15.1. The maximum absolute atomic E-state index is 12.7. The van der Waals surface area contributed by atoms with Crippen LogP contribution < -0.4 is 15.0 Å². The van der Waals surface area contributed by atoms with Gasteiger partial charge in [-0.1, -0.05) is 12.1 Å². The maximum Gasteiger partial charge on any atom is 0.289 e. The third-order valence-electron chi connectivity index (χ3n) is 5.45. The first-order valence-electron chi connectivity index (χ1n) is 10.2. The smallest absolute Gasteiger partial charge is 0.289 e. The molecule has 0 aliphatic carbocycles. The minimum atomic E-state index is -0.210. The van der Waals surface area contributed by atoms with Crippen molar-refractivity contribution in [2.45, 2.75) is 6.92 Å². The van der Waals surface area contributed by atoms with Crippen molar-refractivity contribution in [1.29, 1.82) is 0 Å². The summed E-state index contributed by atoms with van der Waals surface area (Å²) in [6, 6.07) is 16.6. The van der Waals surface area contributed by atoms with Crippen molar-refractivity contribution < 1.29 is 18.7 Å². The van der Waals surface area contributed by atoms with Crippen LogP contribution in [0.5, 0.6) is 5.75 Å². The molecule has 160 valence electrons. The van der Waals surface area contributed by atoms with Crippen molar-refractivity contribution in [1.82, 2.24) is 4.90 Å². The van der Waals surface area contributed by atoms with Crippen LogP contribution in [0, 0.1) is 6.92 Å². The number of para-hydroxylation sites is 1. The minimum absolute atomic E-state index is 0.0747. The Kier molecular flexibility index (Phi) is 5.93. The van der Waals surface area contributed by atoms with Gasteiger partial charge in [-0.05, 0) is 55.0 Å². The van der Waals surface area contributed by atoms with Crippen molar-refractivity contribution >= 4 is 23.2 Å². The molecule has 31 heavy (non-hydrogen) atoms. The van der Waals surface area contributed by atoms with Gasteiger partial charge >= 0.3 is 0 Å². The third kappa shape index (κ3) is 4.40. The van der Waals surface area contributed by atoms with Crippen molar-refractivity contribution in [3.8, 4) is 5.75 Å². The fraction of sp³-hybridized carbons (Fsp3) is 0.250. The van der Waals surface area contributed by atoms with Gasteiger partial charge in [0.2, 0.25) is 0 Å². The van der Waals surface area contributed by atoms with Crippen LogP contribution in [0.4, 0.5) is 11.4 Å². The molecule has 0 radical (unpaired) electrons. The zero-order chi connectivity index (χ0) is 21.8. The molecule has 0 bridgehead atoms. The van der Waals surface area contributed by atoms with Crippen molar-refractivity contribution in [3.05, 3.63) is 77.7 Å². The Morgan fingerprint density at radius 2 is 1.71 bits per heavy atom. The van der Waals surface area contributed by atoms with Crippen LogP contribution in [0.3, 0.4) is 0 Å². The second kappa shape index (κ2) is 8.95. The fourth-order valence-electron chi connectivity index (χ4n) is 3.78. The number of piperazine rings is 1. The SMILES string of the molecule is COc1c(C)cccc1C(=O)Nc1ccc(N2CCN(C(=O)c3ccco3)CC2)cc1. The largest absolute Gasteiger partial charge is 0.496 e. The number of hydrogen-bond acceptors (Lipinski definition) is 5. The summed E-state index contributed by atoms with van der Waals surface area (Å²) in [5.74, 6) is 0.671. The number of aryl methyl sites for hydroxylation is 1. The zero-order valence-corrected chi connectivity index (χ0v) is 17.6. The molecule has 1 aromatic heterocycles. The quantitative estimate of drug-likeness (QED) is 0.681. The van der Waals surface area contributed by atoms with Crippen molar-refractivity contribution in [2.75, 3.05) is 43.5 Å². The zero-order valence-electron chi connectivity index (χ0n) is 17.6. The number of carbonyl (C=O) groups excluding carboxylic acids is 2. The molecule has 0 spiro atoms. The molecule has 0 atom stereocenters. The highest BCUT2D eigenvalue weighted by molar-refractivity contribution is 6.06. The molecule has 2 aromatic carbocycles. The predicted octanol–water partition coefficient (Wildman–Crippen LogP) is 3.81. The Morgan fingerprint density at radius 3 is 2.35 bits per heavy atom. The number of anilines is 2. The topological polar surface area (TPSA) is 75.0 Å². The highest BCUT2D eigenvalue weighted by Crippen LogP contribution is 2.25. The average Bonchev–Trinajstić information content (AvgIpc) is 3.34. The Bertz CT molecular complexity index is 1050. The van der Waals surface area contributed by atoms with Crippen LogP contribution in [0.15, 0.2) is 65.3 Å². The van der Waals surface area contributed by atoms with Gasteiger partial charge in [-0.25, -0.2) is 0 Å². The number of methoxy groups -OCH3 is 1. The lowest BCUT2D eigenvalue weighted by Crippen LogP contribution is -2.48. The molecule has 1 N–H and O–H groups in total. The van der Waals surface area contributed by atoms with E-state index in [1.807, 2.05) is 43.3 Å². The Hall–Kier alpha value is -3.74. The number of carbonyl (C=O) groups is 2. The number of ether oxygens (including phenoxy) is 1. The molecule has 7 heteroatoms. The summed E-state index contributed by atoms with van der Waals surface area (Å²) in [4.78, 5) is 29.1. The lowest BCUT2D eigenvalue weighted by Gasteiger charge is -2.35. The Balaban J connectivity index is 1.36. The van der Waals surface area contributed by atoms with Gasteiger partial charge in [0, 0.05) is 37.6 Å². The van der Waals surface area contributed by atoms with E-state index in [1.54, 1.807) is 30.2 Å². The molecule has 7 nitrogen and oxygen atoms in total. The summed E-state index contributed by atoms with van der Waals surface area (Å²) in [6.07, 6.45) is 1.51. The summed E-state index contributed by atoms with van der Waals surface area (Å²) >= 11 is 0. The Morgan fingerprint density at radius 1 is 0.968 bits per heavy atom. The normalized spacial score (nSPS) is 13.7. The van der Waals surface area contributed by atoms with E-state index in [2.05, 4.69) is 10.2 Å². The van der Waals surface area contributed by atoms with Gasteiger partial charge in [-0.2, -0.15) is 0 Å². The molecule has 1 aliphatic heterocycles. The standard InChI is InChI=1S/C24H25N3O4/c1-17-5-3-6-20(22(17)30-2)23(28)25-18-8-10-19(11-9-18)26-12-14-27(15-13-26)24(29)21-7-4-16-31-21/h3-11,16H,12-15H2,1-2H3,(H,25,28). The second-order valence-corrected chi connectivity index (χ2v) is 7.41. The molecule has 2 amide bonds. The monoisotopic (exact) mass is 419 g/mol. The molecule has 0 saturated carbocycles. The van der Waals surface area contributed by atoms with E-state index < -0.39 is 0 Å². The number of amides is 2. The molecule has 2 heterocycles. The highest BCUT2D eigenvalue weighted by atomic mass is 16.5. The van der Waals surface area contributed by atoms with Gasteiger partial charge in [-0.15, -0.1) is 0 Å². The predicted molar refractivity (Wildman–Crippen MR) is 119 cm³/mol. The van der Waals surface area contributed by atoms with Gasteiger partial charge in [0.05, 0.1) is 18.9 Å². The van der Waals surface area contributed by atoms with Crippen LogP contribution in [0.1, 0.15) is 26.5 Å². The van der Waals surface area contributed by atoms with Crippen molar-refractivity contribution in [2.24, 2.45) is 0 Å². The summed E-state index contributed by atoms with van der Waals surface area (Å²) in [6.45, 7) is 4.64. The van der Waals surface area contributed by atoms with E-state index in [1.165, 1.54) is 6.26 Å². The molecule has 4 rings (SSSR count). The van der Waals surface area contributed by atoms with E-state index in [0.29, 0.717) is 35.9 Å². The Labute approximate surface area is 181 Å². The van der Waals surface area contributed by atoms with E-state index >= 15 is 0 Å². The first-order valence-corrected chi connectivity index (χ1v) is 10.2. The van der Waals surface area contributed by atoms with Gasteiger partial charge in [-0.3, -0.25) is 9.59 Å². The molecular formula is C24H25N3O4. The number of benzene rings is 2. The molecule has 0 unspecified atom stereocenters. The third-order valence-corrected chi connectivity index (χ3v) is 5.45. The maximum atomic E-state index is 12.7. The van der Waals surface area contributed by atoms with E-state index in [4.69, 9.17) is 9.15 Å². The molecule has 1 fully saturated rings. The van der Waals surface area contributed by atoms with Crippen LogP contribution in [-0.2, 0) is 0 Å². The fourth-order valence-corrected chi connectivity index (χ4v) is 3.78. The number of rotatable bonds is 5. The summed E-state index contributed by atoms with van der Waals surface area (Å²) in [5, 5.41) is 2.93. The van der Waals surface area contributed by atoms with Crippen LogP contribution >= 0.6 is 0 Å². The molecular weight excluding hydrogens is 394 g/mol. The van der Waals surface area contributed by atoms with Crippen LogP contribution in [0.25, 0.3) is 0 Å². The van der Waals surface area contributed by atoms with Crippen LogP contribution in [-0.4, -0.2) is 50.0 Å². The lowest BCUT2D eigenvalue weighted by molar-refractivity contribution is 0.0714. The number of furan rings is 1. The van der Waals surface area contributed by atoms with E-state index in [0.717, 1.165) is 24.3 Å². The number of hydrogen-bond donors (Lipinski definition) is 1. The minimum Gasteiger partial charge on any atom is -0.496 e. The first kappa shape index (κ1) is 20.5. The van der Waals surface area contributed by atoms with Gasteiger partial charge < -0.3 is 24.3 Å². The average molecular weight is 419 g/mol. The van der Waals surface area contributed by atoms with Gasteiger partial charge in [0.25, 0.3) is 11.8 Å².